The van der Waals surface area contributed by atoms with Crippen molar-refractivity contribution in [2.45, 2.75) is 6.42 Å². The molecule has 1 aromatic rings. The number of aromatic nitrogens is 1. The van der Waals surface area contributed by atoms with Gasteiger partial charge >= 0.3 is 0 Å². The van der Waals surface area contributed by atoms with Crippen molar-refractivity contribution < 1.29 is 4.79 Å². The molecule has 0 radical (unpaired) electrons. The Labute approximate surface area is 106 Å². The second-order valence-electron chi connectivity index (χ2n) is 3.76. The number of halogens is 2. The lowest BCUT2D eigenvalue weighted by molar-refractivity contribution is -0.117. The van der Waals surface area contributed by atoms with Gasteiger partial charge in [0.05, 0.1) is 0 Å². The number of carbonyl (C=O) groups is 1. The highest BCUT2D eigenvalue weighted by Gasteiger charge is 2.31. The number of hydrogen-bond acceptors (Lipinski definition) is 2. The number of hydrogen-bond donors (Lipinski definition) is 1. The molecule has 2 heterocycles. The molecule has 4 nitrogen and oxygen atoms in total. The third kappa shape index (κ3) is 2.15. The predicted molar refractivity (Wildman–Crippen MR) is 65.9 cm³/mol. The monoisotopic (exact) mass is 304 g/mol. The molecule has 1 N–H and O–H groups in total. The maximum Gasteiger partial charge on any atom is 0.271 e. The fourth-order valence-corrected chi connectivity index (χ4v) is 2.30. The third-order valence-corrected chi connectivity index (χ3v) is 3.46. The molecule has 86 valence electrons. The van der Waals surface area contributed by atoms with Crippen LogP contribution in [0.2, 0.25) is 0 Å². The van der Waals surface area contributed by atoms with Crippen LogP contribution in [-0.4, -0.2) is 23.3 Å². The number of alkyl halides is 1. The molecular weight excluding hydrogens is 295 g/mol. The van der Waals surface area contributed by atoms with E-state index >= 15 is 0 Å². The summed E-state index contributed by atoms with van der Waals surface area (Å²) in [6.07, 6.45) is 1.96. The van der Waals surface area contributed by atoms with E-state index in [1.165, 1.54) is 4.90 Å². The summed E-state index contributed by atoms with van der Waals surface area (Å²) in [5, 5.41) is 0. The van der Waals surface area contributed by atoms with Crippen LogP contribution in [0.3, 0.4) is 0 Å². The van der Waals surface area contributed by atoms with E-state index in [4.69, 9.17) is 11.6 Å². The number of nitrogens with zero attached hydrogens (tertiary/aromatic N) is 1. The average molecular weight is 306 g/mol. The molecule has 0 aromatic carbocycles. The van der Waals surface area contributed by atoms with Crippen LogP contribution in [-0.2, 0) is 4.79 Å². The molecule has 2 rings (SSSR count). The van der Waals surface area contributed by atoms with Gasteiger partial charge in [-0.25, -0.2) is 0 Å². The van der Waals surface area contributed by atoms with Gasteiger partial charge in [0.1, 0.15) is 5.69 Å². The van der Waals surface area contributed by atoms with Crippen LogP contribution in [0.4, 0.5) is 5.69 Å². The molecule has 6 heteroatoms. The van der Waals surface area contributed by atoms with Crippen molar-refractivity contribution in [3.63, 3.8) is 0 Å². The molecule has 0 aliphatic carbocycles. The minimum Gasteiger partial charge on any atom is -0.326 e. The molecule has 1 fully saturated rings. The second kappa shape index (κ2) is 4.59. The molecule has 0 bridgehead atoms. The standard InChI is InChI=1S/C10H10BrClN2O2/c11-7-2-8(10(16)13-4-7)14-5-6(3-12)1-9(14)15/h2,4,6H,1,3,5H2,(H,13,16). The van der Waals surface area contributed by atoms with E-state index in [9.17, 15) is 9.59 Å². The van der Waals surface area contributed by atoms with Crippen molar-refractivity contribution in [2.24, 2.45) is 5.92 Å². The molecule has 1 atom stereocenters. The first-order chi connectivity index (χ1) is 7.61. The highest BCUT2D eigenvalue weighted by Crippen LogP contribution is 2.24. The van der Waals surface area contributed by atoms with Gasteiger partial charge in [0.25, 0.3) is 5.56 Å². The van der Waals surface area contributed by atoms with E-state index in [0.717, 1.165) is 4.47 Å². The Kier molecular flexibility index (Phi) is 3.35. The average Bonchev–Trinajstić information content (AvgIpc) is 2.63. The number of rotatable bonds is 2. The fraction of sp³-hybridized carbons (Fsp3) is 0.400. The number of carbonyl (C=O) groups excluding carboxylic acids is 1. The van der Waals surface area contributed by atoms with Gasteiger partial charge in [0.2, 0.25) is 5.91 Å². The molecule has 1 aromatic heterocycles. The number of pyridine rings is 1. The van der Waals surface area contributed by atoms with E-state index in [-0.39, 0.29) is 17.4 Å². The molecule has 1 aliphatic rings. The van der Waals surface area contributed by atoms with Crippen molar-refractivity contribution >= 4 is 39.1 Å². The SMILES string of the molecule is O=C1CC(CCl)CN1c1cc(Br)c[nH]c1=O. The van der Waals surface area contributed by atoms with Gasteiger partial charge < -0.3 is 9.88 Å². The van der Waals surface area contributed by atoms with Crippen molar-refractivity contribution in [3.05, 3.63) is 27.1 Å². The van der Waals surface area contributed by atoms with Crippen LogP contribution >= 0.6 is 27.5 Å². The maximum absolute atomic E-state index is 11.7. The van der Waals surface area contributed by atoms with Crippen LogP contribution in [0.25, 0.3) is 0 Å². The Balaban J connectivity index is 2.34. The Morgan fingerprint density at radius 3 is 2.94 bits per heavy atom. The Morgan fingerprint density at radius 1 is 1.56 bits per heavy atom. The smallest absolute Gasteiger partial charge is 0.271 e. The summed E-state index contributed by atoms with van der Waals surface area (Å²) < 4.78 is 0.740. The summed E-state index contributed by atoms with van der Waals surface area (Å²) in [6.45, 7) is 0.516. The number of H-pyrrole nitrogens is 1. The Morgan fingerprint density at radius 2 is 2.31 bits per heavy atom. The summed E-state index contributed by atoms with van der Waals surface area (Å²) in [7, 11) is 0. The number of nitrogens with one attached hydrogen (secondary N) is 1. The normalized spacial score (nSPS) is 20.5. The molecule has 1 amide bonds. The Hall–Kier alpha value is -0.810. The zero-order valence-corrected chi connectivity index (χ0v) is 10.7. The molecule has 1 aliphatic heterocycles. The van der Waals surface area contributed by atoms with Gasteiger partial charge in [-0.2, -0.15) is 0 Å². The van der Waals surface area contributed by atoms with Crippen molar-refractivity contribution in [3.8, 4) is 0 Å². The van der Waals surface area contributed by atoms with Crippen molar-refractivity contribution in [2.75, 3.05) is 17.3 Å². The summed E-state index contributed by atoms with van der Waals surface area (Å²) in [4.78, 5) is 27.4. The van der Waals surface area contributed by atoms with Crippen molar-refractivity contribution in [1.82, 2.24) is 4.98 Å². The molecule has 0 spiro atoms. The molecule has 16 heavy (non-hydrogen) atoms. The summed E-state index contributed by atoms with van der Waals surface area (Å²) >= 11 is 8.98. The van der Waals surface area contributed by atoms with E-state index in [1.807, 2.05) is 0 Å². The number of aromatic amines is 1. The minimum atomic E-state index is -0.258. The molecule has 0 saturated carbocycles. The quantitative estimate of drug-likeness (QED) is 0.846. The first-order valence-electron chi connectivity index (χ1n) is 4.86. The predicted octanol–water partition coefficient (Wildman–Crippen LogP) is 1.73. The largest absolute Gasteiger partial charge is 0.326 e. The van der Waals surface area contributed by atoms with Gasteiger partial charge in [-0.1, -0.05) is 0 Å². The second-order valence-corrected chi connectivity index (χ2v) is 4.99. The van der Waals surface area contributed by atoms with Gasteiger partial charge in [0, 0.05) is 29.5 Å². The first kappa shape index (κ1) is 11.7. The molecular formula is C10H10BrClN2O2. The summed E-state index contributed by atoms with van der Waals surface area (Å²) in [5.41, 5.74) is 0.124. The molecule has 1 unspecified atom stereocenters. The third-order valence-electron chi connectivity index (χ3n) is 2.56. The van der Waals surface area contributed by atoms with Gasteiger partial charge in [0.15, 0.2) is 0 Å². The topological polar surface area (TPSA) is 53.2 Å². The maximum atomic E-state index is 11.7. The minimum absolute atomic E-state index is 0.0470. The first-order valence-corrected chi connectivity index (χ1v) is 6.19. The zero-order chi connectivity index (χ0) is 11.7. The van der Waals surface area contributed by atoms with Crippen molar-refractivity contribution in [1.29, 1.82) is 0 Å². The van der Waals surface area contributed by atoms with E-state index in [1.54, 1.807) is 12.3 Å². The van der Waals surface area contributed by atoms with Crippen LogP contribution in [0.15, 0.2) is 21.5 Å². The Bertz CT molecular complexity index is 474. The van der Waals surface area contributed by atoms with E-state index < -0.39 is 0 Å². The number of anilines is 1. The van der Waals surface area contributed by atoms with Gasteiger partial charge in [-0.3, -0.25) is 9.59 Å². The van der Waals surface area contributed by atoms with Gasteiger partial charge in [-0.05, 0) is 27.9 Å². The summed E-state index contributed by atoms with van der Waals surface area (Å²) in [5.74, 6) is 0.524. The van der Waals surface area contributed by atoms with E-state index in [0.29, 0.717) is 24.5 Å². The zero-order valence-electron chi connectivity index (χ0n) is 8.37. The lowest BCUT2D eigenvalue weighted by Gasteiger charge is -2.15. The highest BCUT2D eigenvalue weighted by atomic mass is 79.9. The lowest BCUT2D eigenvalue weighted by atomic mass is 10.1. The van der Waals surface area contributed by atoms with Crippen LogP contribution < -0.4 is 10.5 Å². The van der Waals surface area contributed by atoms with Crippen LogP contribution in [0.5, 0.6) is 0 Å². The fourth-order valence-electron chi connectivity index (χ4n) is 1.76. The lowest BCUT2D eigenvalue weighted by Crippen LogP contribution is -2.30. The molecule has 1 saturated heterocycles. The van der Waals surface area contributed by atoms with Crippen LogP contribution in [0.1, 0.15) is 6.42 Å². The highest BCUT2D eigenvalue weighted by molar-refractivity contribution is 9.10. The number of amides is 1. The van der Waals surface area contributed by atoms with Crippen LogP contribution in [0, 0.1) is 5.92 Å². The van der Waals surface area contributed by atoms with Gasteiger partial charge in [-0.15, -0.1) is 11.6 Å². The van der Waals surface area contributed by atoms with E-state index in [2.05, 4.69) is 20.9 Å². The summed E-state index contributed by atoms with van der Waals surface area (Å²) in [6, 6.07) is 1.65.